The van der Waals surface area contributed by atoms with Gasteiger partial charge in [-0.15, -0.1) is 0 Å². The van der Waals surface area contributed by atoms with Gasteiger partial charge in [-0.1, -0.05) is 18.9 Å². The molecule has 1 aromatic rings. The largest absolute Gasteiger partial charge is 0.504 e. The van der Waals surface area contributed by atoms with Crippen LogP contribution in [0.2, 0.25) is 0 Å². The second kappa shape index (κ2) is 7.32. The number of nitrogens with one attached hydrogen (secondary N) is 1. The van der Waals surface area contributed by atoms with E-state index in [1.54, 1.807) is 12.1 Å². The van der Waals surface area contributed by atoms with E-state index in [1.165, 1.54) is 32.6 Å². The van der Waals surface area contributed by atoms with Crippen LogP contribution in [0.5, 0.6) is 11.5 Å². The molecule has 5 heteroatoms. The Bertz CT molecular complexity index is 549. The van der Waals surface area contributed by atoms with Gasteiger partial charge in [0.25, 0.3) is 0 Å². The molecule has 1 aromatic carbocycles. The van der Waals surface area contributed by atoms with Crippen molar-refractivity contribution >= 4 is 5.97 Å². The maximum Gasteiger partial charge on any atom is 0.308 e. The van der Waals surface area contributed by atoms with Crippen LogP contribution in [0.4, 0.5) is 0 Å². The lowest BCUT2D eigenvalue weighted by Crippen LogP contribution is -2.46. The van der Waals surface area contributed by atoms with Crippen LogP contribution < -0.4 is 10.1 Å². The summed E-state index contributed by atoms with van der Waals surface area (Å²) in [5, 5.41) is 13.6. The molecule has 1 saturated heterocycles. The smallest absolute Gasteiger partial charge is 0.308 e. The van der Waals surface area contributed by atoms with Gasteiger partial charge in [0.05, 0.1) is 0 Å². The van der Waals surface area contributed by atoms with Crippen molar-refractivity contribution < 1.29 is 14.6 Å². The Morgan fingerprint density at radius 2 is 2.00 bits per heavy atom. The van der Waals surface area contributed by atoms with E-state index in [9.17, 15) is 9.90 Å². The fourth-order valence-electron chi connectivity index (χ4n) is 3.97. The molecule has 1 saturated carbocycles. The van der Waals surface area contributed by atoms with Crippen molar-refractivity contribution in [2.75, 3.05) is 26.2 Å². The van der Waals surface area contributed by atoms with Gasteiger partial charge in [0.2, 0.25) is 0 Å². The first-order valence-corrected chi connectivity index (χ1v) is 8.61. The molecule has 0 aromatic heterocycles. The summed E-state index contributed by atoms with van der Waals surface area (Å²) in [6.45, 7) is 5.44. The summed E-state index contributed by atoms with van der Waals surface area (Å²) in [6, 6.07) is 5.85. The molecule has 0 bridgehead atoms. The van der Waals surface area contributed by atoms with Gasteiger partial charge in [-0.05, 0) is 36.5 Å². The Hall–Kier alpha value is -1.59. The molecule has 0 spiro atoms. The number of phenols is 1. The minimum absolute atomic E-state index is 0.0517. The van der Waals surface area contributed by atoms with Gasteiger partial charge >= 0.3 is 5.97 Å². The number of nitrogens with zero attached hydrogens (tertiary/aromatic N) is 1. The van der Waals surface area contributed by atoms with E-state index in [1.807, 2.05) is 6.07 Å². The summed E-state index contributed by atoms with van der Waals surface area (Å²) in [4.78, 5) is 13.6. The number of hydrogen-bond acceptors (Lipinski definition) is 5. The zero-order chi connectivity index (χ0) is 16.2. The van der Waals surface area contributed by atoms with E-state index in [2.05, 4.69) is 10.2 Å². The maximum absolute atomic E-state index is 11.1. The van der Waals surface area contributed by atoms with Gasteiger partial charge in [-0.3, -0.25) is 9.69 Å². The molecule has 2 aliphatic rings. The average molecular weight is 318 g/mol. The van der Waals surface area contributed by atoms with Crippen molar-refractivity contribution in [2.24, 2.45) is 5.92 Å². The average Bonchev–Trinajstić information content (AvgIpc) is 3.05. The third-order valence-corrected chi connectivity index (χ3v) is 4.97. The molecule has 23 heavy (non-hydrogen) atoms. The fraction of sp³-hybridized carbons (Fsp3) is 0.611. The van der Waals surface area contributed by atoms with Crippen LogP contribution in [0.3, 0.4) is 0 Å². The van der Waals surface area contributed by atoms with Crippen LogP contribution in [0.25, 0.3) is 0 Å². The van der Waals surface area contributed by atoms with Crippen LogP contribution in [0.15, 0.2) is 18.2 Å². The van der Waals surface area contributed by atoms with Crippen molar-refractivity contribution in [3.05, 3.63) is 23.8 Å². The lowest BCUT2D eigenvalue weighted by atomic mass is 9.89. The predicted octanol–water partition coefficient (Wildman–Crippen LogP) is 2.45. The monoisotopic (exact) mass is 318 g/mol. The second-order valence-electron chi connectivity index (χ2n) is 6.60. The van der Waals surface area contributed by atoms with Gasteiger partial charge in [0.15, 0.2) is 11.5 Å². The summed E-state index contributed by atoms with van der Waals surface area (Å²) in [5.41, 5.74) is 1.13. The van der Waals surface area contributed by atoms with E-state index >= 15 is 0 Å². The normalized spacial score (nSPS) is 21.3. The minimum atomic E-state index is -0.414. The number of phenolic OH excluding ortho intramolecular Hbond substituents is 1. The fourth-order valence-corrected chi connectivity index (χ4v) is 3.97. The van der Waals surface area contributed by atoms with Crippen molar-refractivity contribution in [1.29, 1.82) is 0 Å². The summed E-state index contributed by atoms with van der Waals surface area (Å²) in [6.07, 6.45) is 5.09. The van der Waals surface area contributed by atoms with Crippen LogP contribution in [-0.4, -0.2) is 42.2 Å². The molecular weight excluding hydrogens is 292 g/mol. The van der Waals surface area contributed by atoms with E-state index in [0.717, 1.165) is 31.7 Å². The molecule has 126 valence electrons. The Kier molecular flexibility index (Phi) is 5.18. The molecule has 1 heterocycles. The number of hydrogen-bond donors (Lipinski definition) is 2. The third kappa shape index (κ3) is 3.85. The molecule has 0 radical (unpaired) electrons. The zero-order valence-electron chi connectivity index (χ0n) is 13.8. The molecule has 3 rings (SSSR count). The van der Waals surface area contributed by atoms with Crippen molar-refractivity contribution in [2.45, 2.75) is 38.6 Å². The molecule has 1 aliphatic carbocycles. The molecule has 5 nitrogen and oxygen atoms in total. The SMILES string of the molecule is CC(=O)Oc1ccc([C@H](C2CCCC2)N2CCNCC2)cc1O. The lowest BCUT2D eigenvalue weighted by molar-refractivity contribution is -0.132. The maximum atomic E-state index is 11.1. The summed E-state index contributed by atoms with van der Waals surface area (Å²) in [7, 11) is 0. The molecule has 0 amide bonds. The standard InChI is InChI=1S/C18H26N2O3/c1-13(21)23-17-7-6-15(12-16(17)22)18(14-4-2-3-5-14)20-10-8-19-9-11-20/h6-7,12,14,18-19,22H,2-5,8-11H2,1H3/t18-/m0/s1. The van der Waals surface area contributed by atoms with Gasteiger partial charge in [-0.2, -0.15) is 0 Å². The molecular formula is C18H26N2O3. The predicted molar refractivity (Wildman–Crippen MR) is 88.6 cm³/mol. The molecule has 1 aliphatic heterocycles. The van der Waals surface area contributed by atoms with E-state index in [4.69, 9.17) is 4.74 Å². The quantitative estimate of drug-likeness (QED) is 0.659. The third-order valence-electron chi connectivity index (χ3n) is 4.97. The van der Waals surface area contributed by atoms with E-state index in [0.29, 0.717) is 12.0 Å². The lowest BCUT2D eigenvalue weighted by Gasteiger charge is -2.38. The van der Waals surface area contributed by atoms with Crippen LogP contribution in [0.1, 0.15) is 44.2 Å². The molecule has 0 unspecified atom stereocenters. The highest BCUT2D eigenvalue weighted by Gasteiger charge is 2.32. The first-order chi connectivity index (χ1) is 11.1. The highest BCUT2D eigenvalue weighted by atomic mass is 16.5. The number of aromatic hydroxyl groups is 1. The summed E-state index contributed by atoms with van der Waals surface area (Å²) >= 11 is 0. The van der Waals surface area contributed by atoms with Crippen molar-refractivity contribution in [1.82, 2.24) is 10.2 Å². The van der Waals surface area contributed by atoms with Crippen molar-refractivity contribution in [3.8, 4) is 11.5 Å². The van der Waals surface area contributed by atoms with E-state index < -0.39 is 5.97 Å². The molecule has 2 fully saturated rings. The second-order valence-corrected chi connectivity index (χ2v) is 6.60. The minimum Gasteiger partial charge on any atom is -0.504 e. The van der Waals surface area contributed by atoms with Gasteiger partial charge in [0.1, 0.15) is 0 Å². The van der Waals surface area contributed by atoms with Gasteiger partial charge in [-0.25, -0.2) is 0 Å². The Labute approximate surface area is 137 Å². The number of ether oxygens (including phenoxy) is 1. The van der Waals surface area contributed by atoms with E-state index in [-0.39, 0.29) is 11.5 Å². The number of carbonyl (C=O) groups is 1. The topological polar surface area (TPSA) is 61.8 Å². The Balaban J connectivity index is 1.86. The number of benzene rings is 1. The van der Waals surface area contributed by atoms with Gasteiger partial charge in [0, 0.05) is 39.1 Å². The number of rotatable bonds is 4. The number of esters is 1. The van der Waals surface area contributed by atoms with Crippen molar-refractivity contribution in [3.63, 3.8) is 0 Å². The van der Waals surface area contributed by atoms with Crippen LogP contribution in [0, 0.1) is 5.92 Å². The highest BCUT2D eigenvalue weighted by Crippen LogP contribution is 2.41. The number of piperazine rings is 1. The number of carbonyl (C=O) groups excluding carboxylic acids is 1. The summed E-state index contributed by atoms with van der Waals surface area (Å²) < 4.78 is 5.04. The zero-order valence-corrected chi connectivity index (χ0v) is 13.8. The molecule has 2 N–H and O–H groups in total. The van der Waals surface area contributed by atoms with Crippen LogP contribution >= 0.6 is 0 Å². The highest BCUT2D eigenvalue weighted by molar-refractivity contribution is 5.70. The summed E-state index contributed by atoms with van der Waals surface area (Å²) in [5.74, 6) is 0.525. The Morgan fingerprint density at radius 3 is 2.61 bits per heavy atom. The Morgan fingerprint density at radius 1 is 1.30 bits per heavy atom. The van der Waals surface area contributed by atoms with Crippen LogP contribution in [-0.2, 0) is 4.79 Å². The first-order valence-electron chi connectivity index (χ1n) is 8.61. The first kappa shape index (κ1) is 16.3. The molecule has 1 atom stereocenters. The van der Waals surface area contributed by atoms with Gasteiger partial charge < -0.3 is 15.2 Å².